The van der Waals surface area contributed by atoms with Crippen LogP contribution in [0.15, 0.2) is 85.1 Å². The molecule has 156 valence electrons. The number of para-hydroxylation sites is 1. The van der Waals surface area contributed by atoms with E-state index in [9.17, 15) is 14.7 Å². The summed E-state index contributed by atoms with van der Waals surface area (Å²) in [6, 6.07) is 21.6. The van der Waals surface area contributed by atoms with E-state index in [1.165, 1.54) is 6.07 Å². The molecule has 4 rings (SSSR count). The maximum Gasteiger partial charge on any atom is 0.258 e. The molecular weight excluding hydrogens is 390 g/mol. The van der Waals surface area contributed by atoms with E-state index in [1.54, 1.807) is 48.5 Å². The molecule has 1 aromatic heterocycles. The molecule has 2 atom stereocenters. The molecule has 1 heterocycles. The maximum atomic E-state index is 13.3. The van der Waals surface area contributed by atoms with E-state index >= 15 is 0 Å². The van der Waals surface area contributed by atoms with Crippen molar-refractivity contribution in [2.75, 3.05) is 0 Å². The van der Waals surface area contributed by atoms with Crippen LogP contribution >= 0.6 is 0 Å². The van der Waals surface area contributed by atoms with Crippen molar-refractivity contribution in [3.63, 3.8) is 0 Å². The van der Waals surface area contributed by atoms with Gasteiger partial charge < -0.3 is 21.6 Å². The number of aromatic nitrogens is 1. The van der Waals surface area contributed by atoms with E-state index < -0.39 is 17.6 Å². The Labute approximate surface area is 179 Å². The summed E-state index contributed by atoms with van der Waals surface area (Å²) in [7, 11) is 0. The number of H-pyrrole nitrogens is 1. The minimum atomic E-state index is -2.16. The van der Waals surface area contributed by atoms with E-state index in [0.717, 1.165) is 16.5 Å². The number of carbonyl (C=O) groups excluding carboxylic acids is 2. The van der Waals surface area contributed by atoms with Gasteiger partial charge in [-0.05, 0) is 23.6 Å². The molecule has 31 heavy (non-hydrogen) atoms. The highest BCUT2D eigenvalue weighted by atomic mass is 16.3. The number of carbonyl (C=O) groups is 2. The minimum absolute atomic E-state index is 0.119. The van der Waals surface area contributed by atoms with Crippen LogP contribution in [0.1, 0.15) is 27.0 Å². The lowest BCUT2D eigenvalue weighted by Crippen LogP contribution is -2.44. The van der Waals surface area contributed by atoms with Crippen molar-refractivity contribution in [1.29, 1.82) is 0 Å². The molecule has 6 N–H and O–H groups in total. The molecule has 0 saturated carbocycles. The Balaban J connectivity index is 1.72. The number of ketones is 1. The van der Waals surface area contributed by atoms with Gasteiger partial charge in [-0.25, -0.2) is 0 Å². The monoisotopic (exact) mass is 413 g/mol. The van der Waals surface area contributed by atoms with Crippen molar-refractivity contribution in [1.82, 2.24) is 4.98 Å². The second kappa shape index (κ2) is 8.18. The fraction of sp³-hybridized carbons (Fsp3) is 0.120. The number of rotatable bonds is 7. The zero-order chi connectivity index (χ0) is 22.0. The zero-order valence-corrected chi connectivity index (χ0v) is 16.8. The van der Waals surface area contributed by atoms with Crippen molar-refractivity contribution in [2.24, 2.45) is 11.5 Å². The summed E-state index contributed by atoms with van der Waals surface area (Å²) >= 11 is 0. The lowest BCUT2D eigenvalue weighted by atomic mass is 9.81. The van der Waals surface area contributed by atoms with Gasteiger partial charge in [-0.15, -0.1) is 0 Å². The molecule has 0 bridgehead atoms. The first kappa shape index (κ1) is 20.5. The lowest BCUT2D eigenvalue weighted by molar-refractivity contribution is -0.133. The predicted molar refractivity (Wildman–Crippen MR) is 119 cm³/mol. The number of amides is 1. The third-order valence-corrected chi connectivity index (χ3v) is 5.58. The second-order valence-corrected chi connectivity index (χ2v) is 7.52. The van der Waals surface area contributed by atoms with Crippen LogP contribution in [0.5, 0.6) is 0 Å². The summed E-state index contributed by atoms with van der Waals surface area (Å²) in [4.78, 5) is 28.9. The number of nitrogens with two attached hydrogens (primary N) is 2. The van der Waals surface area contributed by atoms with Crippen molar-refractivity contribution in [3.8, 4) is 0 Å². The molecule has 0 aliphatic heterocycles. The second-order valence-electron chi connectivity index (χ2n) is 7.52. The normalized spacial score (nSPS) is 14.1. The van der Waals surface area contributed by atoms with Gasteiger partial charge in [0.2, 0.25) is 0 Å². The number of Topliss-reactive ketones (excluding diaryl/α,β-unsaturated/α-hetero) is 1. The fourth-order valence-electron chi connectivity index (χ4n) is 3.95. The number of fused-ring (bicyclic) bond motifs is 1. The highest BCUT2D eigenvalue weighted by molar-refractivity contribution is 6.04. The first-order valence-electron chi connectivity index (χ1n) is 9.95. The number of hydrogen-bond donors (Lipinski definition) is 4. The molecular formula is C25H23N3O3. The average molecular weight is 413 g/mol. The third-order valence-electron chi connectivity index (χ3n) is 5.58. The van der Waals surface area contributed by atoms with Crippen LogP contribution in [-0.4, -0.2) is 27.8 Å². The van der Waals surface area contributed by atoms with E-state index in [4.69, 9.17) is 11.5 Å². The molecule has 4 aromatic rings. The molecule has 1 amide bonds. The molecule has 3 aromatic carbocycles. The van der Waals surface area contributed by atoms with E-state index in [0.29, 0.717) is 6.42 Å². The standard InChI is InChI=1S/C25H23N3O3/c26-21(14-16-15-28-22-13-7-5-10-18(16)22)23(29)19-11-4-6-12-20(19)25(31,24(27)30)17-8-2-1-3-9-17/h1-13,15,21,28,31H,14,26H2,(H2,27,30)/t21-,25?/m0/s1. The van der Waals surface area contributed by atoms with E-state index in [-0.39, 0.29) is 22.5 Å². The summed E-state index contributed by atoms with van der Waals surface area (Å²) in [6.07, 6.45) is 2.14. The molecule has 0 spiro atoms. The van der Waals surface area contributed by atoms with E-state index in [2.05, 4.69) is 4.98 Å². The van der Waals surface area contributed by atoms with Gasteiger partial charge >= 0.3 is 0 Å². The molecule has 1 unspecified atom stereocenters. The van der Waals surface area contributed by atoms with Crippen molar-refractivity contribution < 1.29 is 14.7 Å². The van der Waals surface area contributed by atoms with Crippen LogP contribution in [0.2, 0.25) is 0 Å². The predicted octanol–water partition coefficient (Wildman–Crippen LogP) is 2.64. The third kappa shape index (κ3) is 3.63. The van der Waals surface area contributed by atoms with Gasteiger partial charge in [-0.2, -0.15) is 0 Å². The number of aromatic amines is 1. The van der Waals surface area contributed by atoms with Crippen molar-refractivity contribution in [3.05, 3.63) is 107 Å². The van der Waals surface area contributed by atoms with Gasteiger partial charge in [0.25, 0.3) is 5.91 Å². The topological polar surface area (TPSA) is 122 Å². The zero-order valence-electron chi connectivity index (χ0n) is 16.8. The van der Waals surface area contributed by atoms with Crippen LogP contribution < -0.4 is 11.5 Å². The number of hydrogen-bond acceptors (Lipinski definition) is 4. The number of nitrogens with one attached hydrogen (secondary N) is 1. The van der Waals surface area contributed by atoms with Gasteiger partial charge in [0.15, 0.2) is 11.4 Å². The smallest absolute Gasteiger partial charge is 0.258 e. The van der Waals surface area contributed by atoms with Gasteiger partial charge in [-0.1, -0.05) is 72.8 Å². The summed E-state index contributed by atoms with van der Waals surface area (Å²) in [5, 5.41) is 12.4. The SMILES string of the molecule is NC(=O)C(O)(c1ccccc1)c1ccccc1C(=O)[C@@H](N)Cc1c[nH]c2ccccc12. The molecule has 0 saturated heterocycles. The molecule has 0 fully saturated rings. The highest BCUT2D eigenvalue weighted by Crippen LogP contribution is 2.32. The highest BCUT2D eigenvalue weighted by Gasteiger charge is 2.41. The lowest BCUT2D eigenvalue weighted by Gasteiger charge is -2.28. The van der Waals surface area contributed by atoms with Crippen LogP contribution in [-0.2, 0) is 16.8 Å². The van der Waals surface area contributed by atoms with Crippen LogP contribution in [0, 0.1) is 0 Å². The Morgan fingerprint density at radius 1 is 0.935 bits per heavy atom. The Morgan fingerprint density at radius 2 is 1.58 bits per heavy atom. The Bertz CT molecular complexity index is 1250. The first-order valence-corrected chi connectivity index (χ1v) is 9.95. The molecule has 6 nitrogen and oxygen atoms in total. The van der Waals surface area contributed by atoms with Crippen LogP contribution in [0.25, 0.3) is 10.9 Å². The fourth-order valence-corrected chi connectivity index (χ4v) is 3.95. The Morgan fingerprint density at radius 3 is 2.32 bits per heavy atom. The summed E-state index contributed by atoms with van der Waals surface area (Å²) in [5.41, 5.74) is 12.2. The first-order chi connectivity index (χ1) is 14.9. The van der Waals surface area contributed by atoms with Gasteiger partial charge in [0.05, 0.1) is 6.04 Å². The summed E-state index contributed by atoms with van der Waals surface area (Å²) in [6.45, 7) is 0. The summed E-state index contributed by atoms with van der Waals surface area (Å²) < 4.78 is 0. The minimum Gasteiger partial charge on any atom is -0.372 e. The Kier molecular flexibility index (Phi) is 5.42. The van der Waals surface area contributed by atoms with Crippen molar-refractivity contribution >= 4 is 22.6 Å². The number of primary amides is 1. The number of benzene rings is 3. The maximum absolute atomic E-state index is 13.3. The van der Waals surface area contributed by atoms with Crippen molar-refractivity contribution in [2.45, 2.75) is 18.1 Å². The van der Waals surface area contributed by atoms with Crippen LogP contribution in [0.4, 0.5) is 0 Å². The average Bonchev–Trinajstić information content (AvgIpc) is 3.21. The largest absolute Gasteiger partial charge is 0.372 e. The molecule has 0 radical (unpaired) electrons. The number of aliphatic hydroxyl groups is 1. The van der Waals surface area contributed by atoms with Gasteiger partial charge in [-0.3, -0.25) is 9.59 Å². The Hall–Kier alpha value is -3.74. The molecule has 0 aliphatic rings. The quantitative estimate of drug-likeness (QED) is 0.348. The van der Waals surface area contributed by atoms with Gasteiger partial charge in [0.1, 0.15) is 0 Å². The summed E-state index contributed by atoms with van der Waals surface area (Å²) in [5.74, 6) is -1.35. The van der Waals surface area contributed by atoms with E-state index in [1.807, 2.05) is 30.5 Å². The van der Waals surface area contributed by atoms with Gasteiger partial charge in [0, 0.05) is 28.2 Å². The molecule has 0 aliphatic carbocycles. The molecule has 6 heteroatoms. The van der Waals surface area contributed by atoms with Crippen LogP contribution in [0.3, 0.4) is 0 Å².